The minimum atomic E-state index is 0.0612. The van der Waals surface area contributed by atoms with Gasteiger partial charge in [-0.15, -0.1) is 0 Å². The van der Waals surface area contributed by atoms with E-state index in [0.717, 1.165) is 33.8 Å². The van der Waals surface area contributed by atoms with E-state index in [1.165, 1.54) is 21.5 Å². The summed E-state index contributed by atoms with van der Waals surface area (Å²) in [5.74, 6) is 0. The maximum Gasteiger partial charge on any atom is 0.0681 e. The van der Waals surface area contributed by atoms with Gasteiger partial charge in [0.05, 0.1) is 6.61 Å². The first kappa shape index (κ1) is 21.2. The molecule has 6 rings (SSSR count). The average Bonchev–Trinajstić information content (AvgIpc) is 2.93. The predicted octanol–water partition coefficient (Wildman–Crippen LogP) is 8.62. The topological polar surface area (TPSA) is 23.5 Å². The minimum Gasteiger partial charge on any atom is -0.392 e. The summed E-state index contributed by atoms with van der Waals surface area (Å²) in [5, 5.41) is 14.2. The van der Waals surface area contributed by atoms with Crippen LogP contribution < -0.4 is 4.90 Å². The molecule has 168 valence electrons. The first-order chi connectivity index (χ1) is 17.3. The van der Waals surface area contributed by atoms with Crippen LogP contribution in [0.1, 0.15) is 5.56 Å². The summed E-state index contributed by atoms with van der Waals surface area (Å²) < 4.78 is 0. The lowest BCUT2D eigenvalue weighted by Crippen LogP contribution is -2.09. The molecule has 2 heteroatoms. The number of rotatable bonds is 5. The van der Waals surface area contributed by atoms with E-state index >= 15 is 0 Å². The highest BCUT2D eigenvalue weighted by molar-refractivity contribution is 5.92. The molecule has 6 aromatic carbocycles. The van der Waals surface area contributed by atoms with E-state index in [0.29, 0.717) is 0 Å². The Balaban J connectivity index is 1.46. The standard InChI is InChI=1S/C33H25NO/c35-23-24-9-11-27(12-10-24)28-13-17-31(18-14-28)34(32-19-15-25-5-1-3-7-29(25)21-32)33-20-16-26-6-2-4-8-30(26)22-33/h1-22,35H,23H2. The molecule has 0 aromatic heterocycles. The summed E-state index contributed by atoms with van der Waals surface area (Å²) in [6.07, 6.45) is 0. The van der Waals surface area contributed by atoms with Crippen molar-refractivity contribution in [3.8, 4) is 11.1 Å². The van der Waals surface area contributed by atoms with Crippen molar-refractivity contribution >= 4 is 38.6 Å². The monoisotopic (exact) mass is 451 g/mol. The van der Waals surface area contributed by atoms with Gasteiger partial charge in [-0.05, 0) is 74.6 Å². The van der Waals surface area contributed by atoms with Gasteiger partial charge in [-0.2, -0.15) is 0 Å². The largest absolute Gasteiger partial charge is 0.392 e. The number of aliphatic hydroxyl groups excluding tert-OH is 1. The van der Waals surface area contributed by atoms with E-state index < -0.39 is 0 Å². The zero-order valence-corrected chi connectivity index (χ0v) is 19.3. The molecule has 0 saturated carbocycles. The molecule has 0 radical (unpaired) electrons. The maximum absolute atomic E-state index is 9.34. The van der Waals surface area contributed by atoms with E-state index in [9.17, 15) is 5.11 Å². The second-order valence-corrected chi connectivity index (χ2v) is 8.80. The number of nitrogens with zero attached hydrogens (tertiary/aromatic N) is 1. The molecule has 0 spiro atoms. The van der Waals surface area contributed by atoms with E-state index in [4.69, 9.17) is 0 Å². The van der Waals surface area contributed by atoms with E-state index in [1.807, 2.05) is 12.1 Å². The van der Waals surface area contributed by atoms with Crippen LogP contribution in [0.25, 0.3) is 32.7 Å². The number of hydrogen-bond donors (Lipinski definition) is 1. The van der Waals surface area contributed by atoms with Gasteiger partial charge in [0, 0.05) is 17.1 Å². The Morgan fingerprint density at radius 3 is 1.34 bits per heavy atom. The number of anilines is 3. The summed E-state index contributed by atoms with van der Waals surface area (Å²) in [7, 11) is 0. The fourth-order valence-electron chi connectivity index (χ4n) is 4.68. The van der Waals surface area contributed by atoms with Crippen molar-refractivity contribution in [3.05, 3.63) is 139 Å². The van der Waals surface area contributed by atoms with Gasteiger partial charge in [-0.1, -0.05) is 97.1 Å². The molecular formula is C33H25NO. The molecule has 0 atom stereocenters. The highest BCUT2D eigenvalue weighted by Crippen LogP contribution is 2.38. The van der Waals surface area contributed by atoms with Crippen molar-refractivity contribution in [2.45, 2.75) is 6.61 Å². The second-order valence-electron chi connectivity index (χ2n) is 8.80. The minimum absolute atomic E-state index is 0.0612. The van der Waals surface area contributed by atoms with Crippen LogP contribution in [0.4, 0.5) is 17.1 Å². The van der Waals surface area contributed by atoms with Gasteiger partial charge in [0.2, 0.25) is 0 Å². The fraction of sp³-hybridized carbons (Fsp3) is 0.0303. The van der Waals surface area contributed by atoms with Crippen LogP contribution in [0.5, 0.6) is 0 Å². The van der Waals surface area contributed by atoms with Crippen LogP contribution in [-0.2, 0) is 6.61 Å². The molecular weight excluding hydrogens is 426 g/mol. The zero-order valence-electron chi connectivity index (χ0n) is 19.3. The third-order valence-corrected chi connectivity index (χ3v) is 6.58. The van der Waals surface area contributed by atoms with Crippen molar-refractivity contribution in [2.24, 2.45) is 0 Å². The van der Waals surface area contributed by atoms with Crippen molar-refractivity contribution < 1.29 is 5.11 Å². The summed E-state index contributed by atoms with van der Waals surface area (Å²) in [4.78, 5) is 2.32. The molecule has 6 aromatic rings. The molecule has 35 heavy (non-hydrogen) atoms. The van der Waals surface area contributed by atoms with Gasteiger partial charge >= 0.3 is 0 Å². The Hall–Kier alpha value is -4.40. The number of aliphatic hydroxyl groups is 1. The average molecular weight is 452 g/mol. The van der Waals surface area contributed by atoms with Crippen LogP contribution in [0.3, 0.4) is 0 Å². The normalized spacial score (nSPS) is 11.1. The third kappa shape index (κ3) is 4.16. The van der Waals surface area contributed by atoms with Crippen LogP contribution in [0.2, 0.25) is 0 Å². The molecule has 0 aliphatic carbocycles. The maximum atomic E-state index is 9.34. The SMILES string of the molecule is OCc1ccc(-c2ccc(N(c3ccc4ccccc4c3)c3ccc4ccccc4c3)cc2)cc1. The van der Waals surface area contributed by atoms with E-state index in [2.05, 4.69) is 126 Å². The van der Waals surface area contributed by atoms with Crippen molar-refractivity contribution in [1.82, 2.24) is 0 Å². The molecule has 0 aliphatic rings. The number of fused-ring (bicyclic) bond motifs is 2. The smallest absolute Gasteiger partial charge is 0.0681 e. The molecule has 2 nitrogen and oxygen atoms in total. The molecule has 0 heterocycles. The number of hydrogen-bond acceptors (Lipinski definition) is 2. The lowest BCUT2D eigenvalue weighted by atomic mass is 10.0. The summed E-state index contributed by atoms with van der Waals surface area (Å²) in [6.45, 7) is 0.0612. The molecule has 0 fully saturated rings. The molecule has 0 unspecified atom stereocenters. The molecule has 1 N–H and O–H groups in total. The Morgan fingerprint density at radius 2 is 0.857 bits per heavy atom. The zero-order chi connectivity index (χ0) is 23.6. The Kier molecular flexibility index (Phi) is 5.50. The number of benzene rings is 6. The first-order valence-electron chi connectivity index (χ1n) is 11.9. The fourth-order valence-corrected chi connectivity index (χ4v) is 4.68. The van der Waals surface area contributed by atoms with Crippen molar-refractivity contribution in [3.63, 3.8) is 0 Å². The lowest BCUT2D eigenvalue weighted by molar-refractivity contribution is 0.282. The summed E-state index contributed by atoms with van der Waals surface area (Å²) in [6, 6.07) is 47.0. The van der Waals surface area contributed by atoms with Crippen LogP contribution in [0, 0.1) is 0 Å². The molecule has 0 bridgehead atoms. The van der Waals surface area contributed by atoms with Gasteiger partial charge in [0.15, 0.2) is 0 Å². The van der Waals surface area contributed by atoms with Crippen LogP contribution in [0.15, 0.2) is 133 Å². The molecule has 0 saturated heterocycles. The van der Waals surface area contributed by atoms with Crippen LogP contribution >= 0.6 is 0 Å². The van der Waals surface area contributed by atoms with Gasteiger partial charge < -0.3 is 10.0 Å². The van der Waals surface area contributed by atoms with E-state index in [1.54, 1.807) is 0 Å². The van der Waals surface area contributed by atoms with Gasteiger partial charge in [0.25, 0.3) is 0 Å². The highest BCUT2D eigenvalue weighted by atomic mass is 16.3. The van der Waals surface area contributed by atoms with Crippen LogP contribution in [-0.4, -0.2) is 5.11 Å². The molecule has 0 aliphatic heterocycles. The Bertz CT molecular complexity index is 1540. The van der Waals surface area contributed by atoms with Crippen molar-refractivity contribution in [1.29, 1.82) is 0 Å². The summed E-state index contributed by atoms with van der Waals surface area (Å²) >= 11 is 0. The Labute approximate surface area is 205 Å². The molecule has 0 amide bonds. The summed E-state index contributed by atoms with van der Waals surface area (Å²) in [5.41, 5.74) is 6.56. The lowest BCUT2D eigenvalue weighted by Gasteiger charge is -2.26. The predicted molar refractivity (Wildman–Crippen MR) is 147 cm³/mol. The Morgan fingerprint density at radius 1 is 0.429 bits per heavy atom. The third-order valence-electron chi connectivity index (χ3n) is 6.58. The van der Waals surface area contributed by atoms with Gasteiger partial charge in [-0.3, -0.25) is 0 Å². The van der Waals surface area contributed by atoms with Gasteiger partial charge in [0.1, 0.15) is 0 Å². The van der Waals surface area contributed by atoms with Gasteiger partial charge in [-0.25, -0.2) is 0 Å². The van der Waals surface area contributed by atoms with E-state index in [-0.39, 0.29) is 6.61 Å². The first-order valence-corrected chi connectivity index (χ1v) is 11.9. The quantitative estimate of drug-likeness (QED) is 0.284. The second kappa shape index (κ2) is 9.09. The van der Waals surface area contributed by atoms with Crippen molar-refractivity contribution in [2.75, 3.05) is 4.90 Å². The highest BCUT2D eigenvalue weighted by Gasteiger charge is 2.14.